The number of hydrogen-bond donors (Lipinski definition) is 4. The number of aromatic amines is 1. The van der Waals surface area contributed by atoms with Crippen LogP contribution in [0.4, 0.5) is 0 Å². The summed E-state index contributed by atoms with van der Waals surface area (Å²) in [5.41, 5.74) is 7.56. The van der Waals surface area contributed by atoms with E-state index in [1.54, 1.807) is 30.9 Å². The minimum absolute atomic E-state index is 0.0321. The Labute approximate surface area is 403 Å². The van der Waals surface area contributed by atoms with E-state index in [1.807, 2.05) is 84.0 Å². The van der Waals surface area contributed by atoms with E-state index >= 15 is 0 Å². The van der Waals surface area contributed by atoms with Crippen LogP contribution in [0.3, 0.4) is 0 Å². The number of fused-ring (bicyclic) bond motifs is 1. The molecule has 2 aromatic rings. The molecule has 17 heteroatoms. The summed E-state index contributed by atoms with van der Waals surface area (Å²) in [5, 5.41) is 6.90. The number of nitrogens with two attached hydrogens (primary N) is 1. The lowest BCUT2D eigenvalue weighted by Crippen LogP contribution is -2.60. The first-order valence-corrected chi connectivity index (χ1v) is 24.6. The molecule has 68 heavy (non-hydrogen) atoms. The molecule has 0 bridgehead atoms. The number of nitrogens with zero attached hydrogens (tertiary/aromatic N) is 4. The van der Waals surface area contributed by atoms with Crippen LogP contribution in [0, 0.1) is 23.7 Å². The van der Waals surface area contributed by atoms with Crippen LogP contribution in [0.1, 0.15) is 105 Å². The number of H-pyrrole nitrogens is 1. The number of primary amides is 1. The van der Waals surface area contributed by atoms with E-state index in [4.69, 9.17) is 15.2 Å². The van der Waals surface area contributed by atoms with Crippen LogP contribution in [-0.4, -0.2) is 156 Å². The van der Waals surface area contributed by atoms with E-state index in [-0.39, 0.29) is 60.1 Å². The monoisotopic (exact) mass is 949 g/mol. The van der Waals surface area contributed by atoms with Crippen LogP contribution in [0.2, 0.25) is 0 Å². The number of likely N-dealkylation sites (N-methyl/N-ethyl adjacent to an activating group) is 2. The molecular weight excluding hydrogens is 869 g/mol. The lowest BCUT2D eigenvalue weighted by atomic mass is 9.89. The van der Waals surface area contributed by atoms with Gasteiger partial charge in [-0.1, -0.05) is 85.9 Å². The lowest BCUT2D eigenvalue weighted by Gasteiger charge is -2.41. The van der Waals surface area contributed by atoms with Crippen LogP contribution in [0.15, 0.2) is 42.6 Å². The maximum absolute atomic E-state index is 14.6. The second-order valence-electron chi connectivity index (χ2n) is 19.6. The zero-order chi connectivity index (χ0) is 50.4. The molecule has 0 aliphatic carbocycles. The topological polar surface area (TPSA) is 217 Å². The highest BCUT2D eigenvalue weighted by molar-refractivity contribution is 6.12. The molecule has 1 aromatic carbocycles. The molecule has 17 nitrogen and oxygen atoms in total. The highest BCUT2D eigenvalue weighted by Crippen LogP contribution is 2.30. The van der Waals surface area contributed by atoms with Gasteiger partial charge in [-0.15, -0.1) is 0 Å². The summed E-state index contributed by atoms with van der Waals surface area (Å²) in [6.45, 7) is 15.0. The number of benzene rings is 1. The summed E-state index contributed by atoms with van der Waals surface area (Å²) in [7, 11) is 6.69. The Hall–Kier alpha value is -5.13. The van der Waals surface area contributed by atoms with Crippen LogP contribution < -0.4 is 16.4 Å². The Balaban J connectivity index is 1.40. The van der Waals surface area contributed by atoms with Gasteiger partial charge >= 0.3 is 0 Å². The SMILES string of the molecule is CCC(C)C(C(CC(=O)N1CCC[C@H]1C(OC)C(C)C(=O)NC(Cc1c[nH]c2ccccc12)C(N)=O)OC)N(C)C(=O)C(NC(=O)C(C(C)C)N(C)CCCCCCN1C(=O)C=CC1=O)C(C)C. The molecule has 2 aliphatic heterocycles. The first kappa shape index (κ1) is 55.5. The summed E-state index contributed by atoms with van der Waals surface area (Å²) in [6.07, 6.45) is 8.42. The van der Waals surface area contributed by atoms with Crippen LogP contribution in [0.25, 0.3) is 10.9 Å². The fourth-order valence-electron chi connectivity index (χ4n) is 10.1. The molecule has 2 aliphatic rings. The Kier molecular flexibility index (Phi) is 21.2. The average Bonchev–Trinajstić information content (AvgIpc) is 4.04. The van der Waals surface area contributed by atoms with Gasteiger partial charge in [0.2, 0.25) is 29.5 Å². The van der Waals surface area contributed by atoms with E-state index < -0.39 is 60.1 Å². The van der Waals surface area contributed by atoms with Crippen molar-refractivity contribution >= 4 is 52.3 Å². The Morgan fingerprint density at radius 2 is 1.54 bits per heavy atom. The number of carbonyl (C=O) groups excluding carboxylic acids is 7. The van der Waals surface area contributed by atoms with E-state index in [9.17, 15) is 33.6 Å². The van der Waals surface area contributed by atoms with Gasteiger partial charge in [0.1, 0.15) is 12.1 Å². The summed E-state index contributed by atoms with van der Waals surface area (Å²) >= 11 is 0. The molecule has 0 saturated carbocycles. The first-order valence-electron chi connectivity index (χ1n) is 24.6. The molecule has 1 aromatic heterocycles. The number of methoxy groups -OCH3 is 2. The van der Waals surface area contributed by atoms with Gasteiger partial charge in [-0.05, 0) is 68.7 Å². The molecule has 5 N–H and O–H groups in total. The smallest absolute Gasteiger partial charge is 0.253 e. The fourth-order valence-corrected chi connectivity index (χ4v) is 10.1. The average molecular weight is 949 g/mol. The highest BCUT2D eigenvalue weighted by Gasteiger charge is 2.43. The number of carbonyl (C=O) groups is 7. The van der Waals surface area contributed by atoms with Crippen molar-refractivity contribution in [3.8, 4) is 0 Å². The quantitative estimate of drug-likeness (QED) is 0.0705. The van der Waals surface area contributed by atoms with Crippen molar-refractivity contribution in [3.63, 3.8) is 0 Å². The van der Waals surface area contributed by atoms with Crippen molar-refractivity contribution in [2.24, 2.45) is 29.4 Å². The minimum Gasteiger partial charge on any atom is -0.379 e. The Bertz CT molecular complexity index is 2050. The van der Waals surface area contributed by atoms with Crippen molar-refractivity contribution in [1.82, 2.24) is 35.2 Å². The largest absolute Gasteiger partial charge is 0.379 e. The van der Waals surface area contributed by atoms with E-state index in [0.717, 1.165) is 35.7 Å². The molecule has 8 unspecified atom stereocenters. The summed E-state index contributed by atoms with van der Waals surface area (Å²) in [4.78, 5) is 103. The van der Waals surface area contributed by atoms with Gasteiger partial charge in [-0.3, -0.25) is 43.4 Å². The normalized spacial score (nSPS) is 18.8. The van der Waals surface area contributed by atoms with Crippen LogP contribution in [-0.2, 0) is 49.5 Å². The van der Waals surface area contributed by atoms with Gasteiger partial charge in [0, 0.05) is 70.0 Å². The number of para-hydroxylation sites is 1. The molecule has 9 atom stereocenters. The van der Waals surface area contributed by atoms with Crippen LogP contribution in [0.5, 0.6) is 0 Å². The third kappa shape index (κ3) is 14.0. The number of ether oxygens (including phenoxy) is 2. The number of unbranched alkanes of at least 4 members (excludes halogenated alkanes) is 3. The van der Waals surface area contributed by atoms with Crippen LogP contribution >= 0.6 is 0 Å². The van der Waals surface area contributed by atoms with Crippen molar-refractivity contribution in [2.75, 3.05) is 47.9 Å². The van der Waals surface area contributed by atoms with Gasteiger partial charge < -0.3 is 40.6 Å². The predicted octanol–water partition coefficient (Wildman–Crippen LogP) is 4.18. The summed E-state index contributed by atoms with van der Waals surface area (Å²) in [6, 6.07) is 4.43. The standard InChI is InChI=1S/C51H80N8O9/c1-12-33(6)46(57(9)51(66)44(31(2)3)55-50(65)45(32(4)5)56(8)25-17-13-14-18-26-59-41(60)23-24-42(59)61)40(67-10)29-43(62)58-27-19-22-39(58)47(68-11)34(7)49(64)54-38(48(52)63)28-35-30-53-37-21-16-15-20-36(35)37/h15-16,20-21,23-24,30-34,38-40,44-47,53H,12-14,17-19,22,25-29H2,1-11H3,(H2,52,63)(H,54,64)(H,55,65)/t33?,34?,38?,39-,40?,44?,45?,46?,47?/m0/s1. The number of imide groups is 1. The van der Waals surface area contributed by atoms with Gasteiger partial charge in [-0.25, -0.2) is 0 Å². The number of nitrogens with one attached hydrogen (secondary N) is 3. The molecule has 0 spiro atoms. The van der Waals surface area contributed by atoms with Gasteiger partial charge in [0.05, 0.1) is 42.7 Å². The maximum Gasteiger partial charge on any atom is 0.253 e. The first-order chi connectivity index (χ1) is 32.3. The van der Waals surface area contributed by atoms with Crippen molar-refractivity contribution < 1.29 is 43.0 Å². The van der Waals surface area contributed by atoms with Crippen molar-refractivity contribution in [2.45, 2.75) is 149 Å². The number of likely N-dealkylation sites (tertiary alicyclic amines) is 1. The molecule has 1 saturated heterocycles. The van der Waals surface area contributed by atoms with Crippen molar-refractivity contribution in [1.29, 1.82) is 0 Å². The zero-order valence-corrected chi connectivity index (χ0v) is 42.4. The fraction of sp³-hybridized carbons (Fsp3) is 0.667. The molecule has 1 fully saturated rings. The molecule has 7 amide bonds. The molecule has 0 radical (unpaired) electrons. The summed E-state index contributed by atoms with van der Waals surface area (Å²) in [5.74, 6) is -3.46. The minimum atomic E-state index is -0.968. The Morgan fingerprint density at radius 3 is 2.15 bits per heavy atom. The molecule has 378 valence electrons. The lowest BCUT2D eigenvalue weighted by molar-refractivity contribution is -0.148. The van der Waals surface area contributed by atoms with E-state index in [0.29, 0.717) is 45.3 Å². The molecule has 4 rings (SSSR count). The Morgan fingerprint density at radius 1 is 0.882 bits per heavy atom. The van der Waals surface area contributed by atoms with Gasteiger partial charge in [0.25, 0.3) is 11.8 Å². The van der Waals surface area contributed by atoms with Gasteiger partial charge in [-0.2, -0.15) is 0 Å². The van der Waals surface area contributed by atoms with Gasteiger partial charge in [0.15, 0.2) is 0 Å². The zero-order valence-electron chi connectivity index (χ0n) is 42.4. The van der Waals surface area contributed by atoms with Crippen molar-refractivity contribution in [3.05, 3.63) is 48.2 Å². The number of amides is 7. The predicted molar refractivity (Wildman–Crippen MR) is 262 cm³/mol. The number of rotatable bonds is 28. The van der Waals surface area contributed by atoms with E-state index in [2.05, 4.69) is 15.6 Å². The second kappa shape index (κ2) is 26.0. The van der Waals surface area contributed by atoms with E-state index in [1.165, 1.54) is 24.2 Å². The molecule has 3 heterocycles. The summed E-state index contributed by atoms with van der Waals surface area (Å²) < 4.78 is 12.1. The maximum atomic E-state index is 14.6. The molecular formula is C51H80N8O9. The number of hydrogen-bond acceptors (Lipinski definition) is 10. The third-order valence-corrected chi connectivity index (χ3v) is 14.2. The third-order valence-electron chi connectivity index (χ3n) is 14.2. The second-order valence-corrected chi connectivity index (χ2v) is 19.6. The number of aromatic nitrogens is 1. The highest BCUT2D eigenvalue weighted by atomic mass is 16.5.